The predicted molar refractivity (Wildman–Crippen MR) is 110 cm³/mol. The number of benzene rings is 2. The van der Waals surface area contributed by atoms with Gasteiger partial charge in [-0.2, -0.15) is 0 Å². The highest BCUT2D eigenvalue weighted by Gasteiger charge is 2.31. The molecule has 0 bridgehead atoms. The van der Waals surface area contributed by atoms with Gasteiger partial charge in [-0.25, -0.2) is 8.42 Å². The number of hydrogen-bond donors (Lipinski definition) is 1. The lowest BCUT2D eigenvalue weighted by atomic mass is 10.2. The molecule has 0 spiro atoms. The molecule has 0 aromatic heterocycles. The van der Waals surface area contributed by atoms with E-state index in [1.54, 1.807) is 18.2 Å². The van der Waals surface area contributed by atoms with E-state index in [9.17, 15) is 13.2 Å². The van der Waals surface area contributed by atoms with Crippen molar-refractivity contribution in [3.8, 4) is 0 Å². The van der Waals surface area contributed by atoms with Crippen LogP contribution >= 0.6 is 35.0 Å². The van der Waals surface area contributed by atoms with E-state index in [1.165, 1.54) is 30.8 Å². The maximum atomic E-state index is 12.7. The highest BCUT2D eigenvalue weighted by atomic mass is 35.5. The summed E-state index contributed by atoms with van der Waals surface area (Å²) in [6.07, 6.45) is 2.91. The fourth-order valence-electron chi connectivity index (χ4n) is 2.42. The van der Waals surface area contributed by atoms with Gasteiger partial charge in [0.2, 0.25) is 15.9 Å². The van der Waals surface area contributed by atoms with Crippen LogP contribution in [-0.4, -0.2) is 32.9 Å². The molecule has 0 unspecified atom stereocenters. The van der Waals surface area contributed by atoms with Crippen molar-refractivity contribution >= 4 is 62.3 Å². The summed E-state index contributed by atoms with van der Waals surface area (Å²) in [6.45, 7) is 1.50. The topological polar surface area (TPSA) is 66.5 Å². The highest BCUT2D eigenvalue weighted by Crippen LogP contribution is 2.33. The lowest BCUT2D eigenvalue weighted by Crippen LogP contribution is -2.45. The summed E-state index contributed by atoms with van der Waals surface area (Å²) in [5.41, 5.74) is 0.768. The first kappa shape index (κ1) is 20.9. The van der Waals surface area contributed by atoms with Crippen molar-refractivity contribution < 1.29 is 13.2 Å². The number of amides is 1. The summed E-state index contributed by atoms with van der Waals surface area (Å²) in [7, 11) is -3.79. The quantitative estimate of drug-likeness (QED) is 0.681. The number of sulfonamides is 1. The maximum absolute atomic E-state index is 12.7. The average molecular weight is 433 g/mol. The van der Waals surface area contributed by atoms with Crippen molar-refractivity contribution in [2.75, 3.05) is 22.1 Å². The molecule has 0 aliphatic carbocycles. The Morgan fingerprint density at radius 2 is 1.85 bits per heavy atom. The summed E-state index contributed by atoms with van der Waals surface area (Å²) in [4.78, 5) is 13.6. The number of nitrogens with one attached hydrogen (secondary N) is 1. The molecule has 0 aliphatic rings. The van der Waals surface area contributed by atoms with E-state index in [1.807, 2.05) is 18.4 Å². The fraction of sp³-hybridized carbons (Fsp3) is 0.235. The zero-order chi connectivity index (χ0) is 19.5. The number of nitrogens with zero attached hydrogens (tertiary/aromatic N) is 1. The minimum absolute atomic E-state index is 0.155. The first-order valence-corrected chi connectivity index (χ1v) is 11.4. The molecule has 1 N–H and O–H groups in total. The lowest BCUT2D eigenvalue weighted by Gasteiger charge is -2.29. The number of rotatable bonds is 6. The van der Waals surface area contributed by atoms with Crippen LogP contribution in [-0.2, 0) is 14.8 Å². The number of thioether (sulfide) groups is 1. The molecule has 2 aromatic rings. The zero-order valence-electron chi connectivity index (χ0n) is 14.4. The van der Waals surface area contributed by atoms with Crippen LogP contribution in [0.25, 0.3) is 0 Å². The molecular formula is C17H18Cl2N2O3S2. The Morgan fingerprint density at radius 1 is 1.19 bits per heavy atom. The van der Waals surface area contributed by atoms with Crippen molar-refractivity contribution in [1.29, 1.82) is 0 Å². The van der Waals surface area contributed by atoms with Gasteiger partial charge in [0, 0.05) is 9.92 Å². The molecule has 0 saturated carbocycles. The average Bonchev–Trinajstić information content (AvgIpc) is 2.57. The molecule has 0 radical (unpaired) electrons. The third-order valence-corrected chi connectivity index (χ3v) is 6.18. The van der Waals surface area contributed by atoms with Crippen molar-refractivity contribution in [2.45, 2.75) is 17.9 Å². The van der Waals surface area contributed by atoms with Gasteiger partial charge in [0.25, 0.3) is 0 Å². The predicted octanol–water partition coefficient (Wildman–Crippen LogP) is 4.51. The number of carbonyl (C=O) groups excluding carboxylic acids is 1. The Hall–Kier alpha value is -1.41. The number of hydrogen-bond acceptors (Lipinski definition) is 4. The Kier molecular flexibility index (Phi) is 6.85. The number of anilines is 2. The largest absolute Gasteiger partial charge is 0.323 e. The van der Waals surface area contributed by atoms with Crippen LogP contribution in [0, 0.1) is 0 Å². The first-order chi connectivity index (χ1) is 12.1. The normalized spacial score (nSPS) is 12.5. The third-order valence-electron chi connectivity index (χ3n) is 3.60. The van der Waals surface area contributed by atoms with Crippen LogP contribution in [0.15, 0.2) is 47.4 Å². The van der Waals surface area contributed by atoms with Crippen LogP contribution in [0.1, 0.15) is 6.92 Å². The van der Waals surface area contributed by atoms with Crippen LogP contribution in [0.4, 0.5) is 11.4 Å². The van der Waals surface area contributed by atoms with Gasteiger partial charge in [0.05, 0.1) is 22.7 Å². The van der Waals surface area contributed by atoms with Gasteiger partial charge >= 0.3 is 0 Å². The smallest absolute Gasteiger partial charge is 0.248 e. The Labute approximate surface area is 167 Å². The molecule has 1 atom stereocenters. The van der Waals surface area contributed by atoms with E-state index in [2.05, 4.69) is 5.32 Å². The van der Waals surface area contributed by atoms with Crippen LogP contribution in [0.5, 0.6) is 0 Å². The molecule has 5 nitrogen and oxygen atoms in total. The molecule has 2 aromatic carbocycles. The van der Waals surface area contributed by atoms with Crippen molar-refractivity contribution in [3.05, 3.63) is 52.5 Å². The van der Waals surface area contributed by atoms with Gasteiger partial charge in [0.15, 0.2) is 0 Å². The summed E-state index contributed by atoms with van der Waals surface area (Å²) < 4.78 is 25.7. The molecule has 0 fully saturated rings. The standard InChI is InChI=1S/C17H18Cl2N2O3S2/c1-11(17(22)20-14-6-4-5-7-16(14)25-2)21(26(3,23)24)15-10-12(18)8-9-13(15)19/h4-11H,1-3H3,(H,20,22)/t11-/m0/s1. The number of halogens is 2. The van der Waals surface area contributed by atoms with E-state index in [0.717, 1.165) is 15.5 Å². The van der Waals surface area contributed by atoms with Gasteiger partial charge in [-0.1, -0.05) is 35.3 Å². The molecule has 2 rings (SSSR count). The van der Waals surface area contributed by atoms with Crippen molar-refractivity contribution in [2.24, 2.45) is 0 Å². The first-order valence-electron chi connectivity index (χ1n) is 7.53. The molecule has 1 amide bonds. The monoisotopic (exact) mass is 432 g/mol. The minimum Gasteiger partial charge on any atom is -0.323 e. The van der Waals surface area contributed by atoms with E-state index < -0.39 is 22.0 Å². The van der Waals surface area contributed by atoms with E-state index in [0.29, 0.717) is 10.7 Å². The molecule has 0 aliphatic heterocycles. The Balaban J connectivity index is 2.40. The summed E-state index contributed by atoms with van der Waals surface area (Å²) in [6, 6.07) is 10.7. The Bertz CT molecular complexity index is 920. The van der Waals surface area contributed by atoms with E-state index in [-0.39, 0.29) is 10.7 Å². The van der Waals surface area contributed by atoms with Gasteiger partial charge in [-0.05, 0) is 43.5 Å². The summed E-state index contributed by atoms with van der Waals surface area (Å²) in [5.74, 6) is -0.479. The van der Waals surface area contributed by atoms with Crippen LogP contribution < -0.4 is 9.62 Å². The van der Waals surface area contributed by atoms with E-state index in [4.69, 9.17) is 23.2 Å². The van der Waals surface area contributed by atoms with Crippen molar-refractivity contribution in [3.63, 3.8) is 0 Å². The zero-order valence-corrected chi connectivity index (χ0v) is 17.5. The summed E-state index contributed by atoms with van der Waals surface area (Å²) >= 11 is 13.6. The van der Waals surface area contributed by atoms with Gasteiger partial charge in [-0.3, -0.25) is 9.10 Å². The molecule has 0 heterocycles. The fourth-order valence-corrected chi connectivity index (χ4v) is 4.58. The minimum atomic E-state index is -3.79. The lowest BCUT2D eigenvalue weighted by molar-refractivity contribution is -0.116. The Morgan fingerprint density at radius 3 is 2.46 bits per heavy atom. The maximum Gasteiger partial charge on any atom is 0.248 e. The van der Waals surface area contributed by atoms with Crippen LogP contribution in [0.2, 0.25) is 10.0 Å². The van der Waals surface area contributed by atoms with Crippen molar-refractivity contribution in [1.82, 2.24) is 0 Å². The highest BCUT2D eigenvalue weighted by molar-refractivity contribution is 7.98. The van der Waals surface area contributed by atoms with Crippen LogP contribution in [0.3, 0.4) is 0 Å². The summed E-state index contributed by atoms with van der Waals surface area (Å²) in [5, 5.41) is 3.28. The van der Waals surface area contributed by atoms with Gasteiger partial charge in [0.1, 0.15) is 6.04 Å². The number of carbonyl (C=O) groups is 1. The molecule has 0 saturated heterocycles. The number of para-hydroxylation sites is 1. The third kappa shape index (κ3) is 4.85. The molecule has 26 heavy (non-hydrogen) atoms. The second-order valence-corrected chi connectivity index (χ2v) is 9.07. The van der Waals surface area contributed by atoms with Gasteiger partial charge in [-0.15, -0.1) is 11.8 Å². The second kappa shape index (κ2) is 8.52. The molecule has 9 heteroatoms. The van der Waals surface area contributed by atoms with E-state index >= 15 is 0 Å². The molecule has 140 valence electrons. The second-order valence-electron chi connectivity index (χ2n) is 5.52. The SMILES string of the molecule is CSc1ccccc1NC(=O)[C@H](C)N(c1cc(Cl)ccc1Cl)S(C)(=O)=O. The molecular weight excluding hydrogens is 415 g/mol. The van der Waals surface area contributed by atoms with Gasteiger partial charge < -0.3 is 5.32 Å².